The third kappa shape index (κ3) is 2.50. The van der Waals surface area contributed by atoms with Crippen molar-refractivity contribution in [2.45, 2.75) is 44.1 Å². The maximum atomic E-state index is 11.5. The first kappa shape index (κ1) is 14.3. The molecule has 1 saturated carbocycles. The Kier molecular flexibility index (Phi) is 3.61. The fourth-order valence-corrected chi connectivity index (χ4v) is 3.39. The average molecular weight is 289 g/mol. The van der Waals surface area contributed by atoms with Gasteiger partial charge < -0.3 is 15.3 Å². The minimum absolute atomic E-state index is 0.149. The zero-order chi connectivity index (χ0) is 15.0. The molecule has 114 valence electrons. The fraction of sp³-hybridized carbons (Fsp3) is 0.625. The van der Waals surface area contributed by atoms with Gasteiger partial charge in [0.1, 0.15) is 11.4 Å². The van der Waals surface area contributed by atoms with Crippen molar-refractivity contribution < 1.29 is 9.90 Å². The molecule has 2 aliphatic carbocycles. The van der Waals surface area contributed by atoms with Crippen LogP contribution in [0.4, 0.5) is 5.82 Å². The molecule has 0 atom stereocenters. The molecule has 0 aliphatic heterocycles. The summed E-state index contributed by atoms with van der Waals surface area (Å²) < 4.78 is 0. The number of aryl methyl sites for hydroxylation is 2. The van der Waals surface area contributed by atoms with Crippen molar-refractivity contribution in [2.24, 2.45) is 0 Å². The lowest BCUT2D eigenvalue weighted by molar-refractivity contribution is 0.0692. The number of nitrogens with zero attached hydrogens (tertiary/aromatic N) is 2. The van der Waals surface area contributed by atoms with Crippen LogP contribution in [0.5, 0.6) is 0 Å². The van der Waals surface area contributed by atoms with E-state index in [-0.39, 0.29) is 5.54 Å². The van der Waals surface area contributed by atoms with E-state index in [1.54, 1.807) is 0 Å². The lowest BCUT2D eigenvalue weighted by Gasteiger charge is -2.47. The Morgan fingerprint density at radius 1 is 1.38 bits per heavy atom. The summed E-state index contributed by atoms with van der Waals surface area (Å²) in [7, 11) is 4.18. The first-order valence-electron chi connectivity index (χ1n) is 7.69. The zero-order valence-corrected chi connectivity index (χ0v) is 12.8. The van der Waals surface area contributed by atoms with Crippen molar-refractivity contribution in [1.82, 2.24) is 9.88 Å². The number of anilines is 1. The van der Waals surface area contributed by atoms with E-state index < -0.39 is 5.97 Å². The molecular formula is C16H23N3O2. The van der Waals surface area contributed by atoms with Crippen LogP contribution in [-0.2, 0) is 12.8 Å². The molecule has 21 heavy (non-hydrogen) atoms. The number of carboxylic acids is 1. The van der Waals surface area contributed by atoms with Crippen LogP contribution >= 0.6 is 0 Å². The topological polar surface area (TPSA) is 65.5 Å². The lowest BCUT2D eigenvalue weighted by Crippen LogP contribution is -2.54. The molecule has 0 radical (unpaired) electrons. The number of aromatic carboxylic acids is 1. The number of pyridine rings is 1. The van der Waals surface area contributed by atoms with Gasteiger partial charge in [-0.1, -0.05) is 0 Å². The molecule has 3 rings (SSSR count). The van der Waals surface area contributed by atoms with E-state index in [0.717, 1.165) is 49.9 Å². The Bertz CT molecular complexity index is 565. The van der Waals surface area contributed by atoms with Crippen molar-refractivity contribution in [2.75, 3.05) is 26.0 Å². The minimum Gasteiger partial charge on any atom is -0.478 e. The number of carbonyl (C=O) groups is 1. The van der Waals surface area contributed by atoms with E-state index in [9.17, 15) is 9.90 Å². The second-order valence-corrected chi connectivity index (χ2v) is 6.47. The number of carboxylic acid groups (broad SMARTS) is 1. The van der Waals surface area contributed by atoms with E-state index in [1.165, 1.54) is 6.42 Å². The fourth-order valence-electron chi connectivity index (χ4n) is 3.39. The van der Waals surface area contributed by atoms with Gasteiger partial charge in [0.25, 0.3) is 0 Å². The van der Waals surface area contributed by atoms with Crippen molar-refractivity contribution >= 4 is 11.8 Å². The average Bonchev–Trinajstić information content (AvgIpc) is 2.82. The van der Waals surface area contributed by atoms with Crippen molar-refractivity contribution in [3.8, 4) is 0 Å². The molecule has 0 bridgehead atoms. The molecule has 1 heterocycles. The van der Waals surface area contributed by atoms with Crippen LogP contribution in [0.1, 0.15) is 47.3 Å². The normalized spacial score (nSPS) is 19.2. The van der Waals surface area contributed by atoms with Gasteiger partial charge in [-0.15, -0.1) is 0 Å². The SMILES string of the molecule is CN(C)C1(CNc2nc3c(cc2C(=O)O)CCC3)CCC1. The van der Waals surface area contributed by atoms with Gasteiger partial charge in [0.15, 0.2) is 0 Å². The highest BCUT2D eigenvalue weighted by Gasteiger charge is 2.39. The van der Waals surface area contributed by atoms with Gasteiger partial charge in [0.05, 0.1) is 0 Å². The monoisotopic (exact) mass is 289 g/mol. The molecule has 5 heteroatoms. The summed E-state index contributed by atoms with van der Waals surface area (Å²) in [6.07, 6.45) is 6.53. The third-order valence-electron chi connectivity index (χ3n) is 5.10. The molecule has 2 N–H and O–H groups in total. The Labute approximate surface area is 125 Å². The number of hydrogen-bond donors (Lipinski definition) is 2. The Balaban J connectivity index is 1.83. The van der Waals surface area contributed by atoms with Crippen LogP contribution in [0, 0.1) is 0 Å². The molecule has 1 aromatic heterocycles. The van der Waals surface area contributed by atoms with E-state index in [0.29, 0.717) is 11.4 Å². The summed E-state index contributed by atoms with van der Waals surface area (Å²) in [6, 6.07) is 1.81. The van der Waals surface area contributed by atoms with Gasteiger partial charge in [-0.3, -0.25) is 0 Å². The van der Waals surface area contributed by atoms with Gasteiger partial charge in [-0.05, 0) is 64.3 Å². The van der Waals surface area contributed by atoms with Gasteiger partial charge >= 0.3 is 5.97 Å². The van der Waals surface area contributed by atoms with Gasteiger partial charge in [-0.2, -0.15) is 0 Å². The van der Waals surface area contributed by atoms with E-state index in [4.69, 9.17) is 0 Å². The summed E-state index contributed by atoms with van der Waals surface area (Å²) in [6.45, 7) is 0.756. The maximum Gasteiger partial charge on any atom is 0.339 e. The van der Waals surface area contributed by atoms with Gasteiger partial charge in [-0.25, -0.2) is 9.78 Å². The minimum atomic E-state index is -0.896. The molecule has 5 nitrogen and oxygen atoms in total. The quantitative estimate of drug-likeness (QED) is 0.869. The van der Waals surface area contributed by atoms with Crippen molar-refractivity contribution in [3.63, 3.8) is 0 Å². The summed E-state index contributed by atoms with van der Waals surface area (Å²) in [5.74, 6) is -0.358. The molecular weight excluding hydrogens is 266 g/mol. The first-order chi connectivity index (χ1) is 10.0. The van der Waals surface area contributed by atoms with Crippen molar-refractivity contribution in [1.29, 1.82) is 0 Å². The number of likely N-dealkylation sites (N-methyl/N-ethyl adjacent to an activating group) is 1. The number of aromatic nitrogens is 1. The highest BCUT2D eigenvalue weighted by Crippen LogP contribution is 2.36. The predicted octanol–water partition coefficient (Wildman–Crippen LogP) is 2.16. The molecule has 0 amide bonds. The zero-order valence-electron chi connectivity index (χ0n) is 12.8. The van der Waals surface area contributed by atoms with Crippen LogP contribution in [0.25, 0.3) is 0 Å². The molecule has 2 aliphatic rings. The first-order valence-corrected chi connectivity index (χ1v) is 7.69. The number of nitrogens with one attached hydrogen (secondary N) is 1. The number of hydrogen-bond acceptors (Lipinski definition) is 4. The van der Waals surface area contributed by atoms with Crippen LogP contribution in [-0.4, -0.2) is 47.1 Å². The molecule has 0 saturated heterocycles. The molecule has 1 aromatic rings. The van der Waals surface area contributed by atoms with Gasteiger partial charge in [0, 0.05) is 17.8 Å². The van der Waals surface area contributed by atoms with E-state index in [2.05, 4.69) is 29.3 Å². The summed E-state index contributed by atoms with van der Waals surface area (Å²) in [5, 5.41) is 12.7. The summed E-state index contributed by atoms with van der Waals surface area (Å²) >= 11 is 0. The van der Waals surface area contributed by atoms with E-state index in [1.807, 2.05) is 6.07 Å². The predicted molar refractivity (Wildman–Crippen MR) is 82.0 cm³/mol. The Morgan fingerprint density at radius 2 is 2.14 bits per heavy atom. The number of fused-ring (bicyclic) bond motifs is 1. The maximum absolute atomic E-state index is 11.5. The van der Waals surface area contributed by atoms with Crippen LogP contribution in [0.2, 0.25) is 0 Å². The van der Waals surface area contributed by atoms with Crippen LogP contribution in [0.3, 0.4) is 0 Å². The number of rotatable bonds is 5. The van der Waals surface area contributed by atoms with Crippen LogP contribution in [0.15, 0.2) is 6.07 Å². The smallest absolute Gasteiger partial charge is 0.339 e. The molecule has 0 aromatic carbocycles. The Morgan fingerprint density at radius 3 is 2.71 bits per heavy atom. The highest BCUT2D eigenvalue weighted by atomic mass is 16.4. The third-order valence-corrected chi connectivity index (χ3v) is 5.10. The summed E-state index contributed by atoms with van der Waals surface area (Å²) in [5.41, 5.74) is 2.62. The van der Waals surface area contributed by atoms with E-state index >= 15 is 0 Å². The summed E-state index contributed by atoms with van der Waals surface area (Å²) in [4.78, 5) is 18.3. The second-order valence-electron chi connectivity index (χ2n) is 6.47. The molecule has 0 spiro atoms. The Hall–Kier alpha value is -1.62. The standard InChI is InChI=1S/C16H23N3O2/c1-19(2)16(7-4-8-16)10-17-14-12(15(20)21)9-11-5-3-6-13(11)18-14/h9H,3-8,10H2,1-2H3,(H,17,18)(H,20,21). The molecule has 0 unspecified atom stereocenters. The molecule has 1 fully saturated rings. The highest BCUT2D eigenvalue weighted by molar-refractivity contribution is 5.93. The largest absolute Gasteiger partial charge is 0.478 e. The second kappa shape index (κ2) is 5.30. The lowest BCUT2D eigenvalue weighted by atomic mass is 9.75. The van der Waals surface area contributed by atoms with Gasteiger partial charge in [0.2, 0.25) is 0 Å². The van der Waals surface area contributed by atoms with Crippen molar-refractivity contribution in [3.05, 3.63) is 22.9 Å². The van der Waals surface area contributed by atoms with Crippen LogP contribution < -0.4 is 5.32 Å².